The van der Waals surface area contributed by atoms with Crippen LogP contribution in [0.5, 0.6) is 0 Å². The Hall–Kier alpha value is -2.59. The number of hydrogen-bond donors (Lipinski definition) is 1. The van der Waals surface area contributed by atoms with Crippen LogP contribution >= 0.6 is 11.6 Å². The fourth-order valence-electron chi connectivity index (χ4n) is 3.19. The summed E-state index contributed by atoms with van der Waals surface area (Å²) < 4.78 is 1.82. The predicted octanol–water partition coefficient (Wildman–Crippen LogP) is 4.62. The zero-order chi connectivity index (χ0) is 19.2. The van der Waals surface area contributed by atoms with Crippen molar-refractivity contribution in [2.45, 2.75) is 26.2 Å². The quantitative estimate of drug-likeness (QED) is 0.648. The van der Waals surface area contributed by atoms with Crippen LogP contribution in [0.2, 0.25) is 5.02 Å². The molecule has 0 unspecified atom stereocenters. The first-order chi connectivity index (χ1) is 13.0. The summed E-state index contributed by atoms with van der Waals surface area (Å²) in [6.07, 6.45) is 4.46. The second kappa shape index (κ2) is 8.87. The molecule has 0 bridgehead atoms. The third-order valence-corrected chi connectivity index (χ3v) is 4.85. The minimum atomic E-state index is -0.176. The van der Waals surface area contributed by atoms with Crippen molar-refractivity contribution in [3.8, 4) is 5.69 Å². The first-order valence-corrected chi connectivity index (χ1v) is 9.54. The number of nitrogens with zero attached hydrogens (tertiary/aromatic N) is 2. The molecule has 1 atom stereocenters. The van der Waals surface area contributed by atoms with Crippen molar-refractivity contribution in [2.24, 2.45) is 5.92 Å². The van der Waals surface area contributed by atoms with Gasteiger partial charge in [0.25, 0.3) is 0 Å². The number of halogens is 1. The Kier molecular flexibility index (Phi) is 6.30. The molecule has 3 rings (SSSR count). The average molecular weight is 382 g/mol. The summed E-state index contributed by atoms with van der Waals surface area (Å²) in [4.78, 5) is 12.7. The lowest BCUT2D eigenvalue weighted by Gasteiger charge is -2.21. The molecule has 5 heteroatoms. The van der Waals surface area contributed by atoms with Gasteiger partial charge < -0.3 is 5.32 Å². The lowest BCUT2D eigenvalue weighted by Crippen LogP contribution is -2.33. The van der Waals surface area contributed by atoms with Crippen LogP contribution in [0.1, 0.15) is 30.9 Å². The Morgan fingerprint density at radius 1 is 1.11 bits per heavy atom. The van der Waals surface area contributed by atoms with Gasteiger partial charge in [-0.2, -0.15) is 5.10 Å². The minimum Gasteiger partial charge on any atom is -0.355 e. The zero-order valence-corrected chi connectivity index (χ0v) is 16.4. The molecule has 1 amide bonds. The molecule has 0 saturated carbocycles. The van der Waals surface area contributed by atoms with Crippen LogP contribution in [0, 0.1) is 5.92 Å². The highest BCUT2D eigenvalue weighted by atomic mass is 35.5. The normalized spacial score (nSPS) is 12.1. The molecular weight excluding hydrogens is 358 g/mol. The molecule has 0 aliphatic carbocycles. The van der Waals surface area contributed by atoms with E-state index in [9.17, 15) is 4.79 Å². The fourth-order valence-corrected chi connectivity index (χ4v) is 3.31. The van der Waals surface area contributed by atoms with Crippen molar-refractivity contribution < 1.29 is 4.79 Å². The summed E-state index contributed by atoms with van der Waals surface area (Å²) in [7, 11) is 0. The number of aromatic nitrogens is 2. The summed E-state index contributed by atoms with van der Waals surface area (Å²) in [5.74, 6) is 0.0875. The molecule has 27 heavy (non-hydrogen) atoms. The van der Waals surface area contributed by atoms with Crippen LogP contribution < -0.4 is 5.32 Å². The molecule has 1 aromatic heterocycles. The van der Waals surface area contributed by atoms with E-state index in [-0.39, 0.29) is 17.7 Å². The van der Waals surface area contributed by atoms with Gasteiger partial charge >= 0.3 is 0 Å². The third-order valence-electron chi connectivity index (χ3n) is 4.60. The topological polar surface area (TPSA) is 46.9 Å². The molecule has 4 nitrogen and oxygen atoms in total. The van der Waals surface area contributed by atoms with Gasteiger partial charge in [0.2, 0.25) is 5.91 Å². The summed E-state index contributed by atoms with van der Waals surface area (Å²) in [6.45, 7) is 4.73. The highest BCUT2D eigenvalue weighted by molar-refractivity contribution is 6.30. The van der Waals surface area contributed by atoms with E-state index in [1.807, 2.05) is 53.3 Å². The molecule has 1 N–H and O–H groups in total. The van der Waals surface area contributed by atoms with E-state index in [2.05, 4.69) is 36.4 Å². The SMILES string of the molecule is CC(C)[C@H](C(=O)NCCc1ccc(-n2cccn2)cc1)c1ccc(Cl)cc1. The fraction of sp³-hybridized carbons (Fsp3) is 0.273. The lowest BCUT2D eigenvalue weighted by molar-refractivity contribution is -0.123. The van der Waals surface area contributed by atoms with Gasteiger partial charge in [-0.15, -0.1) is 0 Å². The highest BCUT2D eigenvalue weighted by Gasteiger charge is 2.23. The van der Waals surface area contributed by atoms with Crippen molar-refractivity contribution in [1.82, 2.24) is 15.1 Å². The smallest absolute Gasteiger partial charge is 0.227 e. The molecule has 0 spiro atoms. The van der Waals surface area contributed by atoms with Gasteiger partial charge in [-0.05, 0) is 53.8 Å². The van der Waals surface area contributed by atoms with E-state index in [1.54, 1.807) is 6.20 Å². The average Bonchev–Trinajstić information content (AvgIpc) is 3.18. The molecule has 0 fully saturated rings. The Morgan fingerprint density at radius 3 is 2.41 bits per heavy atom. The molecular formula is C22H24ClN3O. The summed E-state index contributed by atoms with van der Waals surface area (Å²) in [6, 6.07) is 17.6. The van der Waals surface area contributed by atoms with E-state index >= 15 is 0 Å². The summed E-state index contributed by atoms with van der Waals surface area (Å²) in [5.41, 5.74) is 3.20. The number of carbonyl (C=O) groups excluding carboxylic acids is 1. The van der Waals surface area contributed by atoms with Gasteiger partial charge in [0.05, 0.1) is 11.6 Å². The van der Waals surface area contributed by atoms with Crippen molar-refractivity contribution >= 4 is 17.5 Å². The second-order valence-electron chi connectivity index (χ2n) is 6.93. The number of carbonyl (C=O) groups is 1. The van der Waals surface area contributed by atoms with Gasteiger partial charge in [0.1, 0.15) is 0 Å². The first-order valence-electron chi connectivity index (χ1n) is 9.17. The van der Waals surface area contributed by atoms with E-state index < -0.39 is 0 Å². The number of nitrogens with one attached hydrogen (secondary N) is 1. The first kappa shape index (κ1) is 19.2. The largest absolute Gasteiger partial charge is 0.355 e. The highest BCUT2D eigenvalue weighted by Crippen LogP contribution is 2.26. The van der Waals surface area contributed by atoms with E-state index in [4.69, 9.17) is 11.6 Å². The van der Waals surface area contributed by atoms with Gasteiger partial charge in [-0.3, -0.25) is 4.79 Å². The maximum Gasteiger partial charge on any atom is 0.227 e. The Balaban J connectivity index is 1.57. The Morgan fingerprint density at radius 2 is 1.81 bits per heavy atom. The zero-order valence-electron chi connectivity index (χ0n) is 15.6. The molecule has 0 radical (unpaired) electrons. The summed E-state index contributed by atoms with van der Waals surface area (Å²) >= 11 is 5.96. The monoisotopic (exact) mass is 381 g/mol. The molecule has 0 aliphatic rings. The van der Waals surface area contributed by atoms with E-state index in [0.717, 1.165) is 17.7 Å². The molecule has 1 heterocycles. The standard InChI is InChI=1S/C22H24ClN3O/c1-16(2)21(18-6-8-19(23)9-7-18)22(27)24-14-12-17-4-10-20(11-5-17)26-15-3-13-25-26/h3-11,13,15-16,21H,12,14H2,1-2H3,(H,24,27)/t21-/m0/s1. The van der Waals surface area contributed by atoms with Crippen molar-refractivity contribution in [3.63, 3.8) is 0 Å². The molecule has 0 saturated heterocycles. The van der Waals surface area contributed by atoms with Gasteiger partial charge in [0, 0.05) is 24.0 Å². The molecule has 3 aromatic rings. The Bertz CT molecular complexity index is 856. The summed E-state index contributed by atoms with van der Waals surface area (Å²) in [5, 5.41) is 7.98. The van der Waals surface area contributed by atoms with Crippen LogP contribution in [-0.4, -0.2) is 22.2 Å². The van der Waals surface area contributed by atoms with Crippen LogP contribution in [0.15, 0.2) is 67.0 Å². The Labute approximate surface area is 165 Å². The maximum atomic E-state index is 12.7. The number of amides is 1. The van der Waals surface area contributed by atoms with E-state index in [1.165, 1.54) is 5.56 Å². The number of hydrogen-bond acceptors (Lipinski definition) is 2. The number of benzene rings is 2. The number of rotatable bonds is 7. The van der Waals surface area contributed by atoms with Crippen molar-refractivity contribution in [1.29, 1.82) is 0 Å². The van der Waals surface area contributed by atoms with Crippen LogP contribution in [0.4, 0.5) is 0 Å². The minimum absolute atomic E-state index is 0.0560. The van der Waals surface area contributed by atoms with Crippen molar-refractivity contribution in [2.75, 3.05) is 6.54 Å². The third kappa shape index (κ3) is 4.98. The van der Waals surface area contributed by atoms with Gasteiger partial charge in [0.15, 0.2) is 0 Å². The van der Waals surface area contributed by atoms with Crippen LogP contribution in [0.3, 0.4) is 0 Å². The van der Waals surface area contributed by atoms with E-state index in [0.29, 0.717) is 11.6 Å². The molecule has 2 aromatic carbocycles. The van der Waals surface area contributed by atoms with Gasteiger partial charge in [-0.25, -0.2) is 4.68 Å². The maximum absolute atomic E-state index is 12.7. The van der Waals surface area contributed by atoms with Gasteiger partial charge in [-0.1, -0.05) is 49.7 Å². The second-order valence-corrected chi connectivity index (χ2v) is 7.37. The molecule has 140 valence electrons. The molecule has 0 aliphatic heterocycles. The van der Waals surface area contributed by atoms with Crippen LogP contribution in [-0.2, 0) is 11.2 Å². The van der Waals surface area contributed by atoms with Crippen molar-refractivity contribution in [3.05, 3.63) is 83.1 Å². The lowest BCUT2D eigenvalue weighted by atomic mass is 9.87. The predicted molar refractivity (Wildman–Crippen MR) is 109 cm³/mol. The van der Waals surface area contributed by atoms with Crippen LogP contribution in [0.25, 0.3) is 5.69 Å².